The quantitative estimate of drug-likeness (QED) is 0.784. The van der Waals surface area contributed by atoms with E-state index in [1.165, 1.54) is 0 Å². The van der Waals surface area contributed by atoms with Crippen LogP contribution in [0.25, 0.3) is 0 Å². The molecular weight excluding hydrogens is 264 g/mol. The molecule has 0 spiro atoms. The van der Waals surface area contributed by atoms with E-state index in [0.29, 0.717) is 11.7 Å². The van der Waals surface area contributed by atoms with Gasteiger partial charge in [0.1, 0.15) is 11.0 Å². The number of alkyl halides is 1. The molecule has 0 bridgehead atoms. The van der Waals surface area contributed by atoms with Gasteiger partial charge in [0.2, 0.25) is 11.7 Å². The summed E-state index contributed by atoms with van der Waals surface area (Å²) in [6, 6.07) is 9.64. The molecule has 2 rings (SSSR count). The molecule has 19 heavy (non-hydrogen) atoms. The maximum Gasteiger partial charge on any atom is 0.249 e. The first-order valence-corrected chi connectivity index (χ1v) is 6.62. The molecule has 4 nitrogen and oxygen atoms in total. The fourth-order valence-electron chi connectivity index (χ4n) is 1.71. The van der Waals surface area contributed by atoms with Crippen LogP contribution >= 0.6 is 11.6 Å². The molecule has 0 aliphatic heterocycles. The van der Waals surface area contributed by atoms with Gasteiger partial charge in [0, 0.05) is 7.11 Å². The summed E-state index contributed by atoms with van der Waals surface area (Å²) >= 11 is 6.34. The Morgan fingerprint density at radius 2 is 2.05 bits per heavy atom. The summed E-state index contributed by atoms with van der Waals surface area (Å²) in [6.07, 6.45) is 0.751. The van der Waals surface area contributed by atoms with Crippen molar-refractivity contribution >= 4 is 11.6 Å². The van der Waals surface area contributed by atoms with Crippen LogP contribution in [0.2, 0.25) is 0 Å². The fourth-order valence-corrected chi connectivity index (χ4v) is 1.95. The first-order valence-electron chi connectivity index (χ1n) is 6.19. The van der Waals surface area contributed by atoms with E-state index < -0.39 is 11.0 Å². The average molecular weight is 281 g/mol. The topological polar surface area (TPSA) is 48.2 Å². The van der Waals surface area contributed by atoms with Gasteiger partial charge in [-0.05, 0) is 18.9 Å². The molecule has 2 aromatic rings. The van der Waals surface area contributed by atoms with Crippen LogP contribution in [0.15, 0.2) is 34.9 Å². The largest absolute Gasteiger partial charge is 0.370 e. The van der Waals surface area contributed by atoms with Crippen molar-refractivity contribution in [3.8, 4) is 0 Å². The first kappa shape index (κ1) is 14.0. The highest BCUT2D eigenvalue weighted by Gasteiger charge is 2.31. The lowest BCUT2D eigenvalue weighted by Crippen LogP contribution is -2.24. The summed E-state index contributed by atoms with van der Waals surface area (Å²) in [5, 5.41) is 3.54. The highest BCUT2D eigenvalue weighted by Crippen LogP contribution is 2.31. The number of halogens is 1. The van der Waals surface area contributed by atoms with Crippen LogP contribution in [-0.4, -0.2) is 17.3 Å². The van der Waals surface area contributed by atoms with E-state index >= 15 is 0 Å². The minimum atomic E-state index is -0.547. The summed E-state index contributed by atoms with van der Waals surface area (Å²) in [5.74, 6) is 0.911. The first-order chi connectivity index (χ1) is 9.10. The van der Waals surface area contributed by atoms with E-state index in [9.17, 15) is 0 Å². The number of benzene rings is 1. The second-order valence-electron chi connectivity index (χ2n) is 4.52. The smallest absolute Gasteiger partial charge is 0.249 e. The summed E-state index contributed by atoms with van der Waals surface area (Å²) in [4.78, 5) is 4.37. The third-order valence-electron chi connectivity index (χ3n) is 3.35. The Morgan fingerprint density at radius 3 is 2.63 bits per heavy atom. The summed E-state index contributed by atoms with van der Waals surface area (Å²) < 4.78 is 10.7. The molecule has 1 aromatic carbocycles. The van der Waals surface area contributed by atoms with Gasteiger partial charge in [0.15, 0.2) is 0 Å². The van der Waals surface area contributed by atoms with Gasteiger partial charge >= 0.3 is 0 Å². The van der Waals surface area contributed by atoms with Gasteiger partial charge in [0.25, 0.3) is 0 Å². The number of nitrogens with zero attached hydrogens (tertiary/aromatic N) is 2. The molecule has 2 atom stereocenters. The summed E-state index contributed by atoms with van der Waals surface area (Å²) in [6.45, 7) is 3.93. The van der Waals surface area contributed by atoms with Crippen molar-refractivity contribution in [3.05, 3.63) is 47.6 Å². The molecule has 2 unspecified atom stereocenters. The van der Waals surface area contributed by atoms with Crippen LogP contribution in [0.3, 0.4) is 0 Å². The standard InChI is InChI=1S/C14H17ClN2O2/c1-4-14(2,18-3)13-16-12(19-17-13)11(15)10-8-6-5-7-9-10/h5-9,11H,4H2,1-3H3. The van der Waals surface area contributed by atoms with Gasteiger partial charge in [-0.25, -0.2) is 0 Å². The molecule has 5 heteroatoms. The number of rotatable bonds is 5. The van der Waals surface area contributed by atoms with Gasteiger partial charge in [-0.1, -0.05) is 42.4 Å². The maximum atomic E-state index is 6.34. The summed E-state index contributed by atoms with van der Waals surface area (Å²) in [5.41, 5.74) is 0.379. The van der Waals surface area contributed by atoms with Gasteiger partial charge in [0.05, 0.1) is 0 Å². The maximum absolute atomic E-state index is 6.34. The molecular formula is C14H17ClN2O2. The SMILES string of the molecule is CCC(C)(OC)c1noc(C(Cl)c2ccccc2)n1. The van der Waals surface area contributed by atoms with Crippen molar-refractivity contribution in [2.45, 2.75) is 31.2 Å². The van der Waals surface area contributed by atoms with Crippen LogP contribution in [0.4, 0.5) is 0 Å². The van der Waals surface area contributed by atoms with E-state index in [1.807, 2.05) is 44.2 Å². The molecule has 0 radical (unpaired) electrons. The van der Waals surface area contributed by atoms with E-state index in [2.05, 4.69) is 10.1 Å². The highest BCUT2D eigenvalue weighted by molar-refractivity contribution is 6.22. The number of aromatic nitrogens is 2. The molecule has 102 valence electrons. The zero-order valence-corrected chi connectivity index (χ0v) is 12.0. The lowest BCUT2D eigenvalue weighted by Gasteiger charge is -2.21. The van der Waals surface area contributed by atoms with Crippen molar-refractivity contribution < 1.29 is 9.26 Å². The Hall–Kier alpha value is -1.39. The number of methoxy groups -OCH3 is 1. The van der Waals surface area contributed by atoms with Crippen molar-refractivity contribution in [3.63, 3.8) is 0 Å². The van der Waals surface area contributed by atoms with E-state index in [1.54, 1.807) is 7.11 Å². The van der Waals surface area contributed by atoms with Gasteiger partial charge < -0.3 is 9.26 Å². The predicted molar refractivity (Wildman–Crippen MR) is 73.1 cm³/mol. The zero-order chi connectivity index (χ0) is 13.9. The highest BCUT2D eigenvalue weighted by atomic mass is 35.5. The van der Waals surface area contributed by atoms with Gasteiger partial charge in [-0.2, -0.15) is 4.98 Å². The Bertz CT molecular complexity index is 523. The van der Waals surface area contributed by atoms with E-state index in [0.717, 1.165) is 12.0 Å². The second-order valence-corrected chi connectivity index (χ2v) is 4.95. The molecule has 0 saturated heterocycles. The second kappa shape index (κ2) is 5.72. The van der Waals surface area contributed by atoms with Crippen molar-refractivity contribution in [2.24, 2.45) is 0 Å². The molecule has 0 fully saturated rings. The van der Waals surface area contributed by atoms with Crippen LogP contribution in [0.5, 0.6) is 0 Å². The van der Waals surface area contributed by atoms with Crippen molar-refractivity contribution in [2.75, 3.05) is 7.11 Å². The Balaban J connectivity index is 2.27. The average Bonchev–Trinajstić information content (AvgIpc) is 2.97. The summed E-state index contributed by atoms with van der Waals surface area (Å²) in [7, 11) is 1.63. The van der Waals surface area contributed by atoms with E-state index in [4.69, 9.17) is 20.9 Å². The van der Waals surface area contributed by atoms with Crippen LogP contribution < -0.4 is 0 Å². The Morgan fingerprint density at radius 1 is 1.37 bits per heavy atom. The van der Waals surface area contributed by atoms with E-state index in [-0.39, 0.29) is 0 Å². The minimum Gasteiger partial charge on any atom is -0.370 e. The fraction of sp³-hybridized carbons (Fsp3) is 0.429. The van der Waals surface area contributed by atoms with Crippen molar-refractivity contribution in [1.82, 2.24) is 10.1 Å². The zero-order valence-electron chi connectivity index (χ0n) is 11.3. The van der Waals surface area contributed by atoms with Crippen LogP contribution in [-0.2, 0) is 10.3 Å². The third kappa shape index (κ3) is 2.80. The molecule has 1 heterocycles. The minimum absolute atomic E-state index is 0.389. The predicted octanol–water partition coefficient (Wildman–Crippen LogP) is 3.67. The molecule has 0 amide bonds. The van der Waals surface area contributed by atoms with Gasteiger partial charge in [-0.15, -0.1) is 11.6 Å². The number of hydrogen-bond acceptors (Lipinski definition) is 4. The molecule has 0 N–H and O–H groups in total. The molecule has 0 aliphatic rings. The number of ether oxygens (including phenoxy) is 1. The van der Waals surface area contributed by atoms with Crippen molar-refractivity contribution in [1.29, 1.82) is 0 Å². The lowest BCUT2D eigenvalue weighted by molar-refractivity contribution is -0.0106. The van der Waals surface area contributed by atoms with Crippen LogP contribution in [0.1, 0.15) is 42.9 Å². The normalized spacial score (nSPS) is 16.0. The Kier molecular flexibility index (Phi) is 4.22. The monoisotopic (exact) mass is 280 g/mol. The third-order valence-corrected chi connectivity index (χ3v) is 3.79. The molecule has 1 aromatic heterocycles. The molecule has 0 saturated carbocycles. The van der Waals surface area contributed by atoms with Crippen LogP contribution in [0, 0.1) is 0 Å². The van der Waals surface area contributed by atoms with Gasteiger partial charge in [-0.3, -0.25) is 0 Å². The molecule has 0 aliphatic carbocycles. The Labute approximate surface area is 117 Å². The number of hydrogen-bond donors (Lipinski definition) is 0. The lowest BCUT2D eigenvalue weighted by atomic mass is 10.0.